The van der Waals surface area contributed by atoms with Crippen LogP contribution < -0.4 is 15.5 Å². The number of amides is 2. The number of benzene rings is 2. The maximum atomic E-state index is 12.6. The molecule has 0 fully saturated rings. The van der Waals surface area contributed by atoms with Gasteiger partial charge >= 0.3 is 0 Å². The van der Waals surface area contributed by atoms with Gasteiger partial charge in [-0.15, -0.1) is 0 Å². The minimum Gasteiger partial charge on any atom is -0.372 e. The second-order valence-electron chi connectivity index (χ2n) is 7.26. The van der Waals surface area contributed by atoms with Crippen LogP contribution in [0, 0.1) is 6.92 Å². The second kappa shape index (κ2) is 10.6. The SMILES string of the molecule is CCN(CC)c1ccc(NC(=O)c2ccc(C(=O)NCCN(C)C)cc2)c(C)c1. The van der Waals surface area contributed by atoms with Gasteiger partial charge in [-0.25, -0.2) is 0 Å². The zero-order chi connectivity index (χ0) is 21.4. The summed E-state index contributed by atoms with van der Waals surface area (Å²) in [5.41, 5.74) is 4.01. The van der Waals surface area contributed by atoms with Gasteiger partial charge in [0.15, 0.2) is 0 Å². The van der Waals surface area contributed by atoms with Crippen LogP contribution in [-0.4, -0.2) is 57.0 Å². The van der Waals surface area contributed by atoms with E-state index in [0.29, 0.717) is 17.7 Å². The number of nitrogens with zero attached hydrogens (tertiary/aromatic N) is 2. The maximum absolute atomic E-state index is 12.6. The third kappa shape index (κ3) is 6.32. The van der Waals surface area contributed by atoms with Crippen LogP contribution in [-0.2, 0) is 0 Å². The van der Waals surface area contributed by atoms with Gasteiger partial charge in [0.2, 0.25) is 0 Å². The highest BCUT2D eigenvalue weighted by molar-refractivity contribution is 6.05. The van der Waals surface area contributed by atoms with Crippen LogP contribution in [0.1, 0.15) is 40.1 Å². The van der Waals surface area contributed by atoms with Crippen molar-refractivity contribution in [2.75, 3.05) is 50.5 Å². The molecule has 2 aromatic rings. The number of likely N-dealkylation sites (N-methyl/N-ethyl adjacent to an activating group) is 1. The van der Waals surface area contributed by atoms with Crippen LogP contribution in [0.3, 0.4) is 0 Å². The van der Waals surface area contributed by atoms with Gasteiger partial charge in [-0.05, 0) is 82.9 Å². The van der Waals surface area contributed by atoms with Crippen molar-refractivity contribution in [1.29, 1.82) is 0 Å². The van der Waals surface area contributed by atoms with E-state index in [2.05, 4.69) is 35.4 Å². The van der Waals surface area contributed by atoms with Crippen molar-refractivity contribution in [2.24, 2.45) is 0 Å². The van der Waals surface area contributed by atoms with E-state index in [-0.39, 0.29) is 11.8 Å². The lowest BCUT2D eigenvalue weighted by atomic mass is 10.1. The zero-order valence-electron chi connectivity index (χ0n) is 18.1. The Labute approximate surface area is 173 Å². The van der Waals surface area contributed by atoms with Crippen LogP contribution in [0.4, 0.5) is 11.4 Å². The first-order valence-electron chi connectivity index (χ1n) is 10.1. The Bertz CT molecular complexity index is 827. The lowest BCUT2D eigenvalue weighted by molar-refractivity contribution is 0.0949. The average molecular weight is 397 g/mol. The number of rotatable bonds is 9. The molecule has 0 aromatic heterocycles. The van der Waals surface area contributed by atoms with Gasteiger partial charge in [-0.2, -0.15) is 0 Å². The van der Waals surface area contributed by atoms with E-state index in [1.54, 1.807) is 24.3 Å². The number of hydrogen-bond acceptors (Lipinski definition) is 4. The fourth-order valence-corrected chi connectivity index (χ4v) is 3.04. The number of carbonyl (C=O) groups excluding carboxylic acids is 2. The summed E-state index contributed by atoms with van der Waals surface area (Å²) in [5.74, 6) is -0.329. The molecular formula is C23H32N4O2. The van der Waals surface area contributed by atoms with Crippen molar-refractivity contribution < 1.29 is 9.59 Å². The number of carbonyl (C=O) groups is 2. The highest BCUT2D eigenvalue weighted by Crippen LogP contribution is 2.23. The van der Waals surface area contributed by atoms with Gasteiger partial charge in [0.25, 0.3) is 11.8 Å². The van der Waals surface area contributed by atoms with Crippen molar-refractivity contribution in [1.82, 2.24) is 10.2 Å². The van der Waals surface area contributed by atoms with Crippen LogP contribution in [0.15, 0.2) is 42.5 Å². The predicted octanol–water partition coefficient (Wildman–Crippen LogP) is 3.38. The lowest BCUT2D eigenvalue weighted by Gasteiger charge is -2.22. The largest absolute Gasteiger partial charge is 0.372 e. The Hall–Kier alpha value is -2.86. The van der Waals surface area contributed by atoms with Gasteiger partial charge in [0, 0.05) is 48.7 Å². The molecule has 2 N–H and O–H groups in total. The fourth-order valence-electron chi connectivity index (χ4n) is 3.04. The molecule has 0 spiro atoms. The van der Waals surface area contributed by atoms with Gasteiger partial charge in [0.1, 0.15) is 0 Å². The van der Waals surface area contributed by atoms with Gasteiger partial charge < -0.3 is 20.4 Å². The Morgan fingerprint density at radius 3 is 2.00 bits per heavy atom. The molecule has 0 heterocycles. The summed E-state index contributed by atoms with van der Waals surface area (Å²) in [7, 11) is 3.91. The highest BCUT2D eigenvalue weighted by Gasteiger charge is 2.11. The second-order valence-corrected chi connectivity index (χ2v) is 7.26. The first-order valence-corrected chi connectivity index (χ1v) is 10.1. The zero-order valence-corrected chi connectivity index (χ0v) is 18.1. The molecule has 0 radical (unpaired) electrons. The Morgan fingerprint density at radius 1 is 0.897 bits per heavy atom. The average Bonchev–Trinajstić information content (AvgIpc) is 2.70. The number of anilines is 2. The summed E-state index contributed by atoms with van der Waals surface area (Å²) in [5, 5.41) is 5.83. The Balaban J connectivity index is 2.01. The van der Waals surface area contributed by atoms with E-state index < -0.39 is 0 Å². The summed E-state index contributed by atoms with van der Waals surface area (Å²) < 4.78 is 0. The summed E-state index contributed by atoms with van der Waals surface area (Å²) in [6.45, 7) is 9.48. The van der Waals surface area contributed by atoms with Gasteiger partial charge in [-0.1, -0.05) is 0 Å². The molecule has 0 aliphatic heterocycles. The Morgan fingerprint density at radius 2 is 1.48 bits per heavy atom. The molecule has 0 unspecified atom stereocenters. The van der Waals surface area contributed by atoms with Crippen molar-refractivity contribution in [3.05, 3.63) is 59.2 Å². The van der Waals surface area contributed by atoms with E-state index in [9.17, 15) is 9.59 Å². The van der Waals surface area contributed by atoms with E-state index in [1.165, 1.54) is 0 Å². The standard InChI is InChI=1S/C23H32N4O2/c1-6-27(7-2)20-12-13-21(17(3)16-20)25-23(29)19-10-8-18(9-11-19)22(28)24-14-15-26(4)5/h8-13,16H,6-7,14-15H2,1-5H3,(H,24,28)(H,25,29). The van der Waals surface area contributed by atoms with Gasteiger partial charge in [0.05, 0.1) is 0 Å². The maximum Gasteiger partial charge on any atom is 0.255 e. The molecule has 0 saturated carbocycles. The molecule has 6 heteroatoms. The smallest absolute Gasteiger partial charge is 0.255 e. The number of nitrogens with one attached hydrogen (secondary N) is 2. The minimum absolute atomic E-state index is 0.137. The summed E-state index contributed by atoms with van der Waals surface area (Å²) in [6.07, 6.45) is 0. The first-order chi connectivity index (χ1) is 13.8. The molecule has 2 amide bonds. The van der Waals surface area contributed by atoms with Crippen molar-refractivity contribution in [3.8, 4) is 0 Å². The first kappa shape index (κ1) is 22.4. The van der Waals surface area contributed by atoms with Gasteiger partial charge in [-0.3, -0.25) is 9.59 Å². The molecule has 0 atom stereocenters. The molecule has 6 nitrogen and oxygen atoms in total. The third-order valence-corrected chi connectivity index (χ3v) is 4.84. The monoisotopic (exact) mass is 396 g/mol. The Kier molecular flexibility index (Phi) is 8.21. The van der Waals surface area contributed by atoms with E-state index >= 15 is 0 Å². The van der Waals surface area contributed by atoms with E-state index in [4.69, 9.17) is 0 Å². The van der Waals surface area contributed by atoms with Crippen molar-refractivity contribution >= 4 is 23.2 Å². The number of aryl methyl sites for hydroxylation is 1. The summed E-state index contributed by atoms with van der Waals surface area (Å²) in [4.78, 5) is 29.0. The lowest BCUT2D eigenvalue weighted by Crippen LogP contribution is -2.31. The molecule has 0 saturated heterocycles. The van der Waals surface area contributed by atoms with Crippen LogP contribution >= 0.6 is 0 Å². The summed E-state index contributed by atoms with van der Waals surface area (Å²) >= 11 is 0. The van der Waals surface area contributed by atoms with Crippen LogP contribution in [0.25, 0.3) is 0 Å². The van der Waals surface area contributed by atoms with Crippen LogP contribution in [0.5, 0.6) is 0 Å². The summed E-state index contributed by atoms with van der Waals surface area (Å²) in [6, 6.07) is 12.8. The third-order valence-electron chi connectivity index (χ3n) is 4.84. The van der Waals surface area contributed by atoms with E-state index in [1.807, 2.05) is 38.1 Å². The molecule has 2 rings (SSSR count). The fraction of sp³-hybridized carbons (Fsp3) is 0.391. The number of hydrogen-bond donors (Lipinski definition) is 2. The quantitative estimate of drug-likeness (QED) is 0.682. The molecular weight excluding hydrogens is 364 g/mol. The molecule has 0 aliphatic carbocycles. The van der Waals surface area contributed by atoms with Crippen molar-refractivity contribution in [2.45, 2.75) is 20.8 Å². The molecule has 0 bridgehead atoms. The molecule has 0 aliphatic rings. The van der Waals surface area contributed by atoms with E-state index in [0.717, 1.165) is 36.6 Å². The predicted molar refractivity (Wildman–Crippen MR) is 120 cm³/mol. The normalized spacial score (nSPS) is 10.7. The van der Waals surface area contributed by atoms with Crippen LogP contribution in [0.2, 0.25) is 0 Å². The molecule has 29 heavy (non-hydrogen) atoms. The highest BCUT2D eigenvalue weighted by atomic mass is 16.2. The van der Waals surface area contributed by atoms with Crippen molar-refractivity contribution in [3.63, 3.8) is 0 Å². The molecule has 156 valence electrons. The minimum atomic E-state index is -0.191. The topological polar surface area (TPSA) is 64.7 Å². The molecule has 2 aromatic carbocycles.